The highest BCUT2D eigenvalue weighted by Gasteiger charge is 2.17. The van der Waals surface area contributed by atoms with Crippen LogP contribution in [0, 0.1) is 10.1 Å². The van der Waals surface area contributed by atoms with E-state index in [-0.39, 0.29) is 24.6 Å². The molecular formula is C15H16N4O5. The van der Waals surface area contributed by atoms with Gasteiger partial charge in [0.15, 0.2) is 0 Å². The van der Waals surface area contributed by atoms with Crippen molar-refractivity contribution in [2.45, 2.75) is 12.8 Å². The minimum Gasteiger partial charge on any atom is -0.481 e. The summed E-state index contributed by atoms with van der Waals surface area (Å²) in [5.74, 6) is -1.29. The molecule has 1 aromatic heterocycles. The van der Waals surface area contributed by atoms with Crippen LogP contribution in [-0.2, 0) is 11.8 Å². The lowest BCUT2D eigenvalue weighted by atomic mass is 10.1. The SMILES string of the molecule is Cn1cc(C(=O)NCCCC(=O)O)c(-c2ccc([N+](=O)[O-])cc2)n1. The van der Waals surface area contributed by atoms with Gasteiger partial charge in [-0.15, -0.1) is 0 Å². The molecule has 2 aromatic rings. The van der Waals surface area contributed by atoms with Crippen molar-refractivity contribution in [2.24, 2.45) is 7.05 Å². The second-order valence-corrected chi connectivity index (χ2v) is 5.12. The molecule has 0 aliphatic carbocycles. The van der Waals surface area contributed by atoms with Gasteiger partial charge in [0.05, 0.1) is 10.5 Å². The fourth-order valence-corrected chi connectivity index (χ4v) is 2.15. The number of nitrogens with one attached hydrogen (secondary N) is 1. The van der Waals surface area contributed by atoms with Gasteiger partial charge < -0.3 is 10.4 Å². The summed E-state index contributed by atoms with van der Waals surface area (Å²) in [5.41, 5.74) is 1.26. The van der Waals surface area contributed by atoms with Crippen LogP contribution in [-0.4, -0.2) is 38.2 Å². The molecule has 2 rings (SSSR count). The lowest BCUT2D eigenvalue weighted by Crippen LogP contribution is -2.25. The third-order valence-electron chi connectivity index (χ3n) is 3.28. The van der Waals surface area contributed by atoms with Crippen LogP contribution >= 0.6 is 0 Å². The van der Waals surface area contributed by atoms with Crippen LogP contribution < -0.4 is 5.32 Å². The first-order chi connectivity index (χ1) is 11.4. The third-order valence-corrected chi connectivity index (χ3v) is 3.28. The van der Waals surface area contributed by atoms with Gasteiger partial charge in [-0.05, 0) is 18.6 Å². The lowest BCUT2D eigenvalue weighted by molar-refractivity contribution is -0.384. The largest absolute Gasteiger partial charge is 0.481 e. The van der Waals surface area contributed by atoms with Gasteiger partial charge in [-0.3, -0.25) is 24.4 Å². The van der Waals surface area contributed by atoms with Gasteiger partial charge in [0, 0.05) is 43.9 Å². The number of carboxylic acid groups (broad SMARTS) is 1. The first-order valence-electron chi connectivity index (χ1n) is 7.17. The Labute approximate surface area is 137 Å². The molecule has 0 bridgehead atoms. The van der Waals surface area contributed by atoms with Crippen molar-refractivity contribution < 1.29 is 19.6 Å². The summed E-state index contributed by atoms with van der Waals surface area (Å²) in [6, 6.07) is 5.75. The Kier molecular flexibility index (Phi) is 5.25. The molecule has 2 N–H and O–H groups in total. The number of rotatable bonds is 7. The molecule has 0 saturated carbocycles. The third kappa shape index (κ3) is 4.15. The van der Waals surface area contributed by atoms with E-state index in [0.717, 1.165) is 0 Å². The van der Waals surface area contributed by atoms with E-state index >= 15 is 0 Å². The van der Waals surface area contributed by atoms with Crippen molar-refractivity contribution >= 4 is 17.6 Å². The Bertz CT molecular complexity index is 767. The summed E-state index contributed by atoms with van der Waals surface area (Å²) in [6.07, 6.45) is 1.85. The number of hydrogen-bond donors (Lipinski definition) is 2. The maximum Gasteiger partial charge on any atom is 0.303 e. The number of carbonyl (C=O) groups is 2. The highest BCUT2D eigenvalue weighted by molar-refractivity contribution is 5.99. The summed E-state index contributed by atoms with van der Waals surface area (Å²) in [5, 5.41) is 26.2. The van der Waals surface area contributed by atoms with Gasteiger partial charge in [-0.2, -0.15) is 5.10 Å². The minimum absolute atomic E-state index is 0.0253. The van der Waals surface area contributed by atoms with Crippen molar-refractivity contribution in [1.82, 2.24) is 15.1 Å². The summed E-state index contributed by atoms with van der Waals surface area (Å²) >= 11 is 0. The van der Waals surface area contributed by atoms with Gasteiger partial charge in [-0.1, -0.05) is 0 Å². The molecule has 0 atom stereocenters. The molecular weight excluding hydrogens is 316 g/mol. The monoisotopic (exact) mass is 332 g/mol. The number of nitro groups is 1. The Morgan fingerprint density at radius 1 is 1.33 bits per heavy atom. The average Bonchev–Trinajstić information content (AvgIpc) is 2.93. The average molecular weight is 332 g/mol. The zero-order chi connectivity index (χ0) is 17.7. The van der Waals surface area contributed by atoms with Crippen molar-refractivity contribution in [3.63, 3.8) is 0 Å². The molecule has 0 spiro atoms. The number of carbonyl (C=O) groups excluding carboxylic acids is 1. The highest BCUT2D eigenvalue weighted by Crippen LogP contribution is 2.24. The zero-order valence-corrected chi connectivity index (χ0v) is 12.9. The summed E-state index contributed by atoms with van der Waals surface area (Å²) < 4.78 is 1.48. The number of aliphatic carboxylic acids is 1. The number of aryl methyl sites for hydroxylation is 1. The quantitative estimate of drug-likeness (QED) is 0.450. The van der Waals surface area contributed by atoms with Crippen LogP contribution in [0.4, 0.5) is 5.69 Å². The molecule has 0 radical (unpaired) electrons. The van der Waals surface area contributed by atoms with E-state index in [1.54, 1.807) is 13.2 Å². The first-order valence-corrected chi connectivity index (χ1v) is 7.17. The van der Waals surface area contributed by atoms with Crippen molar-refractivity contribution in [3.8, 4) is 11.3 Å². The fourth-order valence-electron chi connectivity index (χ4n) is 2.15. The van der Waals surface area contributed by atoms with Crippen LogP contribution in [0.5, 0.6) is 0 Å². The Morgan fingerprint density at radius 3 is 2.58 bits per heavy atom. The number of nitrogens with zero attached hydrogens (tertiary/aromatic N) is 3. The van der Waals surface area contributed by atoms with E-state index in [1.165, 1.54) is 28.9 Å². The van der Waals surface area contributed by atoms with E-state index in [9.17, 15) is 19.7 Å². The highest BCUT2D eigenvalue weighted by atomic mass is 16.6. The van der Waals surface area contributed by atoms with E-state index in [0.29, 0.717) is 23.2 Å². The number of aromatic nitrogens is 2. The summed E-state index contributed by atoms with van der Waals surface area (Å²) in [4.78, 5) is 32.9. The minimum atomic E-state index is -0.919. The maximum atomic E-state index is 12.3. The molecule has 9 nitrogen and oxygen atoms in total. The zero-order valence-electron chi connectivity index (χ0n) is 12.9. The van der Waals surface area contributed by atoms with Crippen LogP contribution in [0.2, 0.25) is 0 Å². The predicted molar refractivity (Wildman–Crippen MR) is 84.5 cm³/mol. The lowest BCUT2D eigenvalue weighted by Gasteiger charge is -2.04. The summed E-state index contributed by atoms with van der Waals surface area (Å²) in [7, 11) is 1.66. The van der Waals surface area contributed by atoms with Crippen molar-refractivity contribution in [1.29, 1.82) is 0 Å². The Hall–Kier alpha value is -3.23. The van der Waals surface area contributed by atoms with Crippen molar-refractivity contribution in [2.75, 3.05) is 6.54 Å². The smallest absolute Gasteiger partial charge is 0.303 e. The van der Waals surface area contributed by atoms with Gasteiger partial charge in [-0.25, -0.2) is 0 Å². The molecule has 0 saturated heterocycles. The number of amides is 1. The first kappa shape index (κ1) is 17.1. The molecule has 0 aliphatic rings. The fraction of sp³-hybridized carbons (Fsp3) is 0.267. The molecule has 0 unspecified atom stereocenters. The topological polar surface area (TPSA) is 127 Å². The second-order valence-electron chi connectivity index (χ2n) is 5.12. The van der Waals surface area contributed by atoms with Gasteiger partial charge >= 0.3 is 5.97 Å². The van der Waals surface area contributed by atoms with E-state index < -0.39 is 10.9 Å². The number of non-ortho nitro benzene ring substituents is 1. The van der Waals surface area contributed by atoms with Crippen LogP contribution in [0.1, 0.15) is 23.2 Å². The van der Waals surface area contributed by atoms with Gasteiger partial charge in [0.1, 0.15) is 5.69 Å². The number of nitro benzene ring substituents is 1. The number of carboxylic acids is 1. The van der Waals surface area contributed by atoms with Crippen LogP contribution in [0.15, 0.2) is 30.5 Å². The Balaban J connectivity index is 2.16. The van der Waals surface area contributed by atoms with Crippen LogP contribution in [0.3, 0.4) is 0 Å². The van der Waals surface area contributed by atoms with E-state index in [1.807, 2.05) is 0 Å². The molecule has 1 amide bonds. The molecule has 0 aliphatic heterocycles. The summed E-state index contributed by atoms with van der Waals surface area (Å²) in [6.45, 7) is 0.236. The number of hydrogen-bond acceptors (Lipinski definition) is 5. The van der Waals surface area contributed by atoms with E-state index in [2.05, 4.69) is 10.4 Å². The van der Waals surface area contributed by atoms with Gasteiger partial charge in [0.25, 0.3) is 11.6 Å². The molecule has 24 heavy (non-hydrogen) atoms. The molecule has 9 heteroatoms. The molecule has 126 valence electrons. The normalized spacial score (nSPS) is 10.4. The van der Waals surface area contributed by atoms with Crippen molar-refractivity contribution in [3.05, 3.63) is 46.1 Å². The Morgan fingerprint density at radius 2 is 2.00 bits per heavy atom. The number of benzene rings is 1. The predicted octanol–water partition coefficient (Wildman–Crippen LogP) is 1.59. The molecule has 0 fully saturated rings. The molecule has 1 heterocycles. The standard InChI is InChI=1S/C15H16N4O5/c1-18-9-12(15(22)16-8-2-3-13(20)21)14(17-18)10-4-6-11(7-5-10)19(23)24/h4-7,9H,2-3,8H2,1H3,(H,16,22)(H,20,21). The molecule has 1 aromatic carbocycles. The van der Waals surface area contributed by atoms with Crippen LogP contribution in [0.25, 0.3) is 11.3 Å². The van der Waals surface area contributed by atoms with E-state index in [4.69, 9.17) is 5.11 Å². The maximum absolute atomic E-state index is 12.3. The second kappa shape index (κ2) is 7.36. The van der Waals surface area contributed by atoms with Gasteiger partial charge in [0.2, 0.25) is 0 Å².